The molecule has 2 rings (SSSR count). The number of carbonyl (C=O) groups excluding carboxylic acids is 1. The van der Waals surface area contributed by atoms with Crippen LogP contribution < -0.4 is 4.74 Å². The van der Waals surface area contributed by atoms with Crippen LogP contribution in [0.4, 0.5) is 0 Å². The summed E-state index contributed by atoms with van der Waals surface area (Å²) < 4.78 is 5.38. The van der Waals surface area contributed by atoms with Crippen LogP contribution in [0.1, 0.15) is 71.4 Å². The minimum absolute atomic E-state index is 0.0774. The molecule has 2 unspecified atom stereocenters. The largest absolute Gasteiger partial charge is 0.425 e. The Bertz CT molecular complexity index is 732. The predicted octanol–water partition coefficient (Wildman–Crippen LogP) is 6.61. The Labute approximate surface area is 180 Å². The number of halogens is 1. The normalized spacial score (nSPS) is 13.1. The van der Waals surface area contributed by atoms with Crippen molar-refractivity contribution in [2.75, 3.05) is 0 Å². The number of benzene rings is 1. The summed E-state index contributed by atoms with van der Waals surface area (Å²) in [4.78, 5) is 21.2. The number of unbranched alkanes of at least 4 members (excludes halogenated alkanes) is 5. The van der Waals surface area contributed by atoms with Gasteiger partial charge in [0.2, 0.25) is 0 Å². The number of carbonyl (C=O) groups is 1. The minimum atomic E-state index is -0.635. The van der Waals surface area contributed by atoms with Gasteiger partial charge in [0.15, 0.2) is 0 Å². The molecule has 2 aromatic rings. The monoisotopic (exact) mass is 416 g/mol. The number of esters is 1. The number of ether oxygens (including phenoxy) is 1. The molecule has 0 saturated carbocycles. The van der Waals surface area contributed by atoms with E-state index < -0.39 is 11.3 Å². The summed E-state index contributed by atoms with van der Waals surface area (Å²) in [5.74, 6) is 0.154. The zero-order chi connectivity index (χ0) is 21.1. The van der Waals surface area contributed by atoms with E-state index in [2.05, 4.69) is 16.9 Å². The van der Waals surface area contributed by atoms with Gasteiger partial charge in [-0.15, -0.1) is 11.6 Å². The Hall–Kier alpha value is -1.94. The fraction of sp³-hybridized carbons (Fsp3) is 0.542. The van der Waals surface area contributed by atoms with Crippen molar-refractivity contribution >= 4 is 17.6 Å². The SMILES string of the molecule is CCCCCCCCc1cnc(-c2ccc(OC(=O)C(Cl)C(C)CC)cc2)cn1. The van der Waals surface area contributed by atoms with Crippen molar-refractivity contribution in [2.24, 2.45) is 5.92 Å². The third kappa shape index (κ3) is 7.77. The van der Waals surface area contributed by atoms with Gasteiger partial charge in [0.25, 0.3) is 0 Å². The van der Waals surface area contributed by atoms with E-state index in [1.54, 1.807) is 12.1 Å². The van der Waals surface area contributed by atoms with Crippen LogP contribution in [0.15, 0.2) is 36.7 Å². The molecule has 0 saturated heterocycles. The van der Waals surface area contributed by atoms with E-state index in [0.717, 1.165) is 36.2 Å². The first-order valence-corrected chi connectivity index (χ1v) is 11.3. The first-order chi connectivity index (χ1) is 14.0. The second-order valence-corrected chi connectivity index (χ2v) is 8.11. The van der Waals surface area contributed by atoms with Crippen molar-refractivity contribution in [3.8, 4) is 17.0 Å². The third-order valence-electron chi connectivity index (χ3n) is 5.23. The highest BCUT2D eigenvalue weighted by molar-refractivity contribution is 6.30. The molecule has 1 heterocycles. The molecule has 1 aromatic heterocycles. The Balaban J connectivity index is 1.85. The highest BCUT2D eigenvalue weighted by Gasteiger charge is 2.23. The Morgan fingerprint density at radius 3 is 2.31 bits per heavy atom. The molecule has 2 atom stereocenters. The van der Waals surface area contributed by atoms with Crippen molar-refractivity contribution in [1.82, 2.24) is 9.97 Å². The van der Waals surface area contributed by atoms with E-state index in [-0.39, 0.29) is 5.92 Å². The maximum absolute atomic E-state index is 12.1. The van der Waals surface area contributed by atoms with Gasteiger partial charge in [0.1, 0.15) is 11.1 Å². The van der Waals surface area contributed by atoms with Crippen molar-refractivity contribution < 1.29 is 9.53 Å². The van der Waals surface area contributed by atoms with Gasteiger partial charge in [-0.2, -0.15) is 0 Å². The Kier molecular flexibility index (Phi) is 10.1. The third-order valence-corrected chi connectivity index (χ3v) is 5.84. The smallest absolute Gasteiger partial charge is 0.329 e. The summed E-state index contributed by atoms with van der Waals surface area (Å²) in [6.45, 7) is 6.18. The summed E-state index contributed by atoms with van der Waals surface area (Å²) in [7, 11) is 0. The molecule has 4 nitrogen and oxygen atoms in total. The van der Waals surface area contributed by atoms with Crippen molar-refractivity contribution in [2.45, 2.75) is 77.5 Å². The molecular weight excluding hydrogens is 384 g/mol. The molecule has 29 heavy (non-hydrogen) atoms. The van der Waals surface area contributed by atoms with E-state index in [1.807, 2.05) is 38.4 Å². The second kappa shape index (κ2) is 12.6. The highest BCUT2D eigenvalue weighted by atomic mass is 35.5. The summed E-state index contributed by atoms with van der Waals surface area (Å²) in [6.07, 6.45) is 13.1. The van der Waals surface area contributed by atoms with Gasteiger partial charge >= 0.3 is 5.97 Å². The molecule has 0 bridgehead atoms. The maximum Gasteiger partial charge on any atom is 0.329 e. The lowest BCUT2D eigenvalue weighted by molar-refractivity contribution is -0.134. The van der Waals surface area contributed by atoms with E-state index in [1.165, 1.54) is 32.1 Å². The highest BCUT2D eigenvalue weighted by Crippen LogP contribution is 2.22. The number of rotatable bonds is 12. The number of hydrogen-bond acceptors (Lipinski definition) is 4. The van der Waals surface area contributed by atoms with Crippen LogP contribution in [-0.4, -0.2) is 21.3 Å². The second-order valence-electron chi connectivity index (χ2n) is 7.64. The van der Waals surface area contributed by atoms with Gasteiger partial charge in [-0.05, 0) is 43.0 Å². The van der Waals surface area contributed by atoms with Crippen LogP contribution in [0, 0.1) is 5.92 Å². The van der Waals surface area contributed by atoms with Crippen molar-refractivity contribution in [3.05, 3.63) is 42.4 Å². The van der Waals surface area contributed by atoms with E-state index in [4.69, 9.17) is 16.3 Å². The molecule has 0 aliphatic rings. The van der Waals surface area contributed by atoms with Crippen molar-refractivity contribution in [1.29, 1.82) is 0 Å². The average Bonchev–Trinajstić information content (AvgIpc) is 2.76. The van der Waals surface area contributed by atoms with Gasteiger partial charge < -0.3 is 4.74 Å². The van der Waals surface area contributed by atoms with Crippen LogP contribution in [0.2, 0.25) is 0 Å². The van der Waals surface area contributed by atoms with Crippen LogP contribution in [0.5, 0.6) is 5.75 Å². The number of alkyl halides is 1. The predicted molar refractivity (Wildman–Crippen MR) is 119 cm³/mol. The van der Waals surface area contributed by atoms with Crippen molar-refractivity contribution in [3.63, 3.8) is 0 Å². The fourth-order valence-electron chi connectivity index (χ4n) is 3.02. The Morgan fingerprint density at radius 2 is 1.69 bits per heavy atom. The number of hydrogen-bond donors (Lipinski definition) is 0. The van der Waals surface area contributed by atoms with Gasteiger partial charge in [0, 0.05) is 11.8 Å². The number of aromatic nitrogens is 2. The standard InChI is InChI=1S/C24H33ClN2O2/c1-4-6-7-8-9-10-11-20-16-27-22(17-26-20)19-12-14-21(15-13-19)29-24(28)23(25)18(3)5-2/h12-18,23H,4-11H2,1-3H3. The molecule has 158 valence electrons. The minimum Gasteiger partial charge on any atom is -0.425 e. The maximum atomic E-state index is 12.1. The quantitative estimate of drug-likeness (QED) is 0.169. The average molecular weight is 417 g/mol. The first kappa shape index (κ1) is 23.3. The molecule has 0 aliphatic carbocycles. The van der Waals surface area contributed by atoms with Crippen LogP contribution >= 0.6 is 11.6 Å². The molecule has 0 radical (unpaired) electrons. The molecule has 0 aliphatic heterocycles. The lowest BCUT2D eigenvalue weighted by atomic mass is 10.1. The summed E-state index contributed by atoms with van der Waals surface area (Å²) >= 11 is 6.15. The summed E-state index contributed by atoms with van der Waals surface area (Å²) in [5.41, 5.74) is 2.78. The summed E-state index contributed by atoms with van der Waals surface area (Å²) in [5, 5.41) is -0.635. The van der Waals surface area contributed by atoms with Gasteiger partial charge in [-0.3, -0.25) is 14.8 Å². The topological polar surface area (TPSA) is 52.1 Å². The van der Waals surface area contributed by atoms with Gasteiger partial charge in [-0.1, -0.05) is 59.3 Å². The zero-order valence-corrected chi connectivity index (χ0v) is 18.6. The van der Waals surface area contributed by atoms with Gasteiger partial charge in [-0.25, -0.2) is 0 Å². The van der Waals surface area contributed by atoms with Crippen LogP contribution in [0.25, 0.3) is 11.3 Å². The molecule has 5 heteroatoms. The fourth-order valence-corrected chi connectivity index (χ4v) is 3.25. The molecule has 1 aromatic carbocycles. The molecular formula is C24H33ClN2O2. The molecule has 0 amide bonds. The molecule has 0 N–H and O–H groups in total. The van der Waals surface area contributed by atoms with Crippen LogP contribution in [-0.2, 0) is 11.2 Å². The lowest BCUT2D eigenvalue weighted by Crippen LogP contribution is -2.26. The first-order valence-electron chi connectivity index (χ1n) is 10.8. The van der Waals surface area contributed by atoms with E-state index >= 15 is 0 Å². The molecule has 0 fully saturated rings. The lowest BCUT2D eigenvalue weighted by Gasteiger charge is -2.14. The molecule has 0 spiro atoms. The number of nitrogens with zero attached hydrogens (tertiary/aromatic N) is 2. The van der Waals surface area contributed by atoms with Gasteiger partial charge in [0.05, 0.1) is 17.6 Å². The Morgan fingerprint density at radius 1 is 1.00 bits per heavy atom. The number of aryl methyl sites for hydroxylation is 1. The zero-order valence-electron chi connectivity index (χ0n) is 17.9. The summed E-state index contributed by atoms with van der Waals surface area (Å²) in [6, 6.07) is 7.29. The van der Waals surface area contributed by atoms with E-state index in [9.17, 15) is 4.79 Å². The van der Waals surface area contributed by atoms with E-state index in [0.29, 0.717) is 5.75 Å². The van der Waals surface area contributed by atoms with Crippen LogP contribution in [0.3, 0.4) is 0 Å².